The molecule has 0 saturated heterocycles. The Morgan fingerprint density at radius 2 is 2.21 bits per heavy atom. The highest BCUT2D eigenvalue weighted by Crippen LogP contribution is 2.31. The number of hydrogen-bond donors (Lipinski definition) is 1. The largest absolute Gasteiger partial charge is 0.383 e. The minimum atomic E-state index is -0.139. The predicted molar refractivity (Wildman–Crippen MR) is 107 cm³/mol. The number of methoxy groups -OCH3 is 1. The third-order valence-electron chi connectivity index (χ3n) is 4.85. The van der Waals surface area contributed by atoms with E-state index < -0.39 is 0 Å². The summed E-state index contributed by atoms with van der Waals surface area (Å²) in [7, 11) is 5.52. The molecule has 1 amide bonds. The van der Waals surface area contributed by atoms with Crippen molar-refractivity contribution < 1.29 is 14.3 Å². The lowest BCUT2D eigenvalue weighted by Crippen LogP contribution is -2.29. The third-order valence-corrected chi connectivity index (χ3v) is 4.85. The molecule has 0 fully saturated rings. The summed E-state index contributed by atoms with van der Waals surface area (Å²) in [6.07, 6.45) is 2.34. The third kappa shape index (κ3) is 4.18. The number of carbonyl (C=O) groups is 1. The second-order valence-corrected chi connectivity index (χ2v) is 7.28. The molecule has 1 N–H and O–H groups in total. The summed E-state index contributed by atoms with van der Waals surface area (Å²) in [4.78, 5) is 19.5. The molecule has 0 unspecified atom stereocenters. The first-order chi connectivity index (χ1) is 13.4. The quantitative estimate of drug-likeness (QED) is 0.782. The second-order valence-electron chi connectivity index (χ2n) is 7.28. The van der Waals surface area contributed by atoms with Crippen molar-refractivity contribution in [2.45, 2.75) is 45.6 Å². The number of rotatable bonds is 7. The average molecular weight is 387 g/mol. The molecular formula is C20H29N5O3. The summed E-state index contributed by atoms with van der Waals surface area (Å²) in [5.41, 5.74) is 3.38. The number of hydrogen-bond acceptors (Lipinski definition) is 6. The summed E-state index contributed by atoms with van der Waals surface area (Å²) in [5.74, 6) is 0.702. The minimum absolute atomic E-state index is 0.0489. The lowest BCUT2D eigenvalue weighted by atomic mass is 9.99. The number of nitrogens with one attached hydrogen (secondary N) is 1. The van der Waals surface area contributed by atoms with E-state index in [1.807, 2.05) is 45.0 Å². The smallest absolute Gasteiger partial charge is 0.270 e. The Bertz CT molecular complexity index is 833. The second kappa shape index (κ2) is 8.70. The summed E-state index contributed by atoms with van der Waals surface area (Å²) < 4.78 is 12.8. The van der Waals surface area contributed by atoms with Crippen LogP contribution in [0.15, 0.2) is 18.3 Å². The van der Waals surface area contributed by atoms with Crippen molar-refractivity contribution >= 4 is 11.7 Å². The van der Waals surface area contributed by atoms with Crippen molar-refractivity contribution in [3.63, 3.8) is 0 Å². The molecule has 8 heteroatoms. The lowest BCUT2D eigenvalue weighted by molar-refractivity contribution is -0.00716. The number of nitrogens with zero attached hydrogens (tertiary/aromatic N) is 4. The van der Waals surface area contributed by atoms with Gasteiger partial charge in [0.15, 0.2) is 0 Å². The van der Waals surface area contributed by atoms with Gasteiger partial charge in [0.1, 0.15) is 11.5 Å². The monoisotopic (exact) mass is 387 g/mol. The van der Waals surface area contributed by atoms with Crippen LogP contribution in [0.4, 0.5) is 5.82 Å². The van der Waals surface area contributed by atoms with Gasteiger partial charge in [0, 0.05) is 51.5 Å². The van der Waals surface area contributed by atoms with Crippen molar-refractivity contribution in [2.75, 3.05) is 32.7 Å². The van der Waals surface area contributed by atoms with Crippen molar-refractivity contribution in [2.24, 2.45) is 0 Å². The number of ether oxygens (including phenoxy) is 2. The van der Waals surface area contributed by atoms with Gasteiger partial charge in [-0.15, -0.1) is 0 Å². The number of anilines is 1. The molecule has 3 heterocycles. The number of amides is 1. The van der Waals surface area contributed by atoms with Crippen LogP contribution >= 0.6 is 0 Å². The standard InChI is InChI=1S/C20H29N5O3/c1-13-11-16-17(14(2)28-13)23-25(9-10-27-5)18(16)20(26)22-12-15-7-6-8-21-19(15)24(3)4/h6-8,13-14H,9-12H2,1-5H3,(H,22,26)/t13-,14+/m0/s1. The number of fused-ring (bicyclic) bond motifs is 1. The van der Waals surface area contributed by atoms with Crippen molar-refractivity contribution in [1.82, 2.24) is 20.1 Å². The molecule has 2 atom stereocenters. The van der Waals surface area contributed by atoms with E-state index in [0.29, 0.717) is 31.8 Å². The SMILES string of the molecule is COCCn1nc2c(c1C(=O)NCc1cccnc1N(C)C)C[C@H](C)O[C@@H]2C. The van der Waals surface area contributed by atoms with Crippen LogP contribution < -0.4 is 10.2 Å². The zero-order valence-corrected chi connectivity index (χ0v) is 17.2. The molecule has 0 saturated carbocycles. The van der Waals surface area contributed by atoms with E-state index >= 15 is 0 Å². The molecule has 0 spiro atoms. The van der Waals surface area contributed by atoms with Crippen LogP contribution in [0.3, 0.4) is 0 Å². The van der Waals surface area contributed by atoms with Gasteiger partial charge in [0.25, 0.3) is 5.91 Å². The molecule has 1 aliphatic rings. The van der Waals surface area contributed by atoms with Gasteiger partial charge in [0.05, 0.1) is 31.1 Å². The molecule has 152 valence electrons. The molecule has 8 nitrogen and oxygen atoms in total. The van der Waals surface area contributed by atoms with Gasteiger partial charge in [0.2, 0.25) is 0 Å². The van der Waals surface area contributed by atoms with Gasteiger partial charge < -0.3 is 19.7 Å². The van der Waals surface area contributed by atoms with E-state index in [0.717, 1.165) is 22.6 Å². The van der Waals surface area contributed by atoms with Gasteiger partial charge in [-0.25, -0.2) is 4.98 Å². The van der Waals surface area contributed by atoms with Crippen LogP contribution in [0.25, 0.3) is 0 Å². The van der Waals surface area contributed by atoms with Crippen LogP contribution in [0, 0.1) is 0 Å². The van der Waals surface area contributed by atoms with Crippen LogP contribution in [-0.4, -0.2) is 54.6 Å². The zero-order chi connectivity index (χ0) is 20.3. The van der Waals surface area contributed by atoms with Gasteiger partial charge in [-0.05, 0) is 19.9 Å². The topological polar surface area (TPSA) is 81.5 Å². The van der Waals surface area contributed by atoms with Crippen LogP contribution in [0.2, 0.25) is 0 Å². The van der Waals surface area contributed by atoms with Gasteiger partial charge in [-0.1, -0.05) is 6.07 Å². The Morgan fingerprint density at radius 1 is 1.43 bits per heavy atom. The van der Waals surface area contributed by atoms with Crippen LogP contribution in [0.5, 0.6) is 0 Å². The molecule has 3 rings (SSSR count). The minimum Gasteiger partial charge on any atom is -0.383 e. The van der Waals surface area contributed by atoms with Crippen molar-refractivity contribution in [3.8, 4) is 0 Å². The summed E-state index contributed by atoms with van der Waals surface area (Å²) in [6.45, 7) is 5.39. The number of carbonyl (C=O) groups excluding carboxylic acids is 1. The highest BCUT2D eigenvalue weighted by atomic mass is 16.5. The highest BCUT2D eigenvalue weighted by molar-refractivity contribution is 5.94. The fourth-order valence-electron chi connectivity index (χ4n) is 3.62. The van der Waals surface area contributed by atoms with Gasteiger partial charge >= 0.3 is 0 Å². The Morgan fingerprint density at radius 3 is 2.93 bits per heavy atom. The molecule has 1 aliphatic heterocycles. The Kier molecular flexibility index (Phi) is 6.31. The van der Waals surface area contributed by atoms with Crippen LogP contribution in [-0.2, 0) is 29.0 Å². The van der Waals surface area contributed by atoms with E-state index in [9.17, 15) is 4.79 Å². The summed E-state index contributed by atoms with van der Waals surface area (Å²) in [5, 5.41) is 7.70. The maximum atomic E-state index is 13.1. The molecule has 28 heavy (non-hydrogen) atoms. The van der Waals surface area contributed by atoms with E-state index in [-0.39, 0.29) is 18.1 Å². The fraction of sp³-hybridized carbons (Fsp3) is 0.550. The number of aromatic nitrogens is 3. The summed E-state index contributed by atoms with van der Waals surface area (Å²) in [6, 6.07) is 3.85. The lowest BCUT2D eigenvalue weighted by Gasteiger charge is -2.24. The Balaban J connectivity index is 1.86. The van der Waals surface area contributed by atoms with E-state index in [1.165, 1.54) is 0 Å². The molecule has 0 aliphatic carbocycles. The number of pyridine rings is 1. The predicted octanol–water partition coefficient (Wildman–Crippen LogP) is 1.94. The van der Waals surface area contributed by atoms with Crippen LogP contribution in [0.1, 0.15) is 47.3 Å². The van der Waals surface area contributed by atoms with E-state index in [1.54, 1.807) is 18.0 Å². The molecule has 0 aromatic carbocycles. The fourth-order valence-corrected chi connectivity index (χ4v) is 3.62. The first kappa shape index (κ1) is 20.3. The molecule has 2 aromatic heterocycles. The van der Waals surface area contributed by atoms with E-state index in [2.05, 4.69) is 15.4 Å². The van der Waals surface area contributed by atoms with E-state index in [4.69, 9.17) is 9.47 Å². The highest BCUT2D eigenvalue weighted by Gasteiger charge is 2.32. The first-order valence-electron chi connectivity index (χ1n) is 9.55. The van der Waals surface area contributed by atoms with Crippen molar-refractivity contribution in [1.29, 1.82) is 0 Å². The normalized spacial score (nSPS) is 18.6. The Labute approximate surface area is 165 Å². The molecule has 0 radical (unpaired) electrons. The average Bonchev–Trinajstić information content (AvgIpc) is 3.03. The molecule has 0 bridgehead atoms. The molecule has 2 aromatic rings. The Hall–Kier alpha value is -2.45. The first-order valence-corrected chi connectivity index (χ1v) is 9.55. The van der Waals surface area contributed by atoms with Gasteiger partial charge in [-0.3, -0.25) is 9.48 Å². The zero-order valence-electron chi connectivity index (χ0n) is 17.2. The maximum Gasteiger partial charge on any atom is 0.270 e. The van der Waals surface area contributed by atoms with Crippen molar-refractivity contribution in [3.05, 3.63) is 40.8 Å². The molecular weight excluding hydrogens is 358 g/mol. The summed E-state index contributed by atoms with van der Waals surface area (Å²) >= 11 is 0. The van der Waals surface area contributed by atoms with Gasteiger partial charge in [-0.2, -0.15) is 5.10 Å². The maximum absolute atomic E-state index is 13.1.